The summed E-state index contributed by atoms with van der Waals surface area (Å²) >= 11 is 3.43. The third-order valence-corrected chi connectivity index (χ3v) is 6.12. The van der Waals surface area contributed by atoms with Crippen LogP contribution in [0.4, 0.5) is 11.4 Å². The summed E-state index contributed by atoms with van der Waals surface area (Å²) in [6.07, 6.45) is -0.927. The molecule has 0 saturated carbocycles. The number of imide groups is 1. The average Bonchev–Trinajstić information content (AvgIpc) is 3.26. The normalized spacial score (nSPS) is 23.2. The van der Waals surface area contributed by atoms with Crippen molar-refractivity contribution in [3.63, 3.8) is 0 Å². The molecular formula is C23H17BrN2O4. The summed E-state index contributed by atoms with van der Waals surface area (Å²) in [4.78, 5) is 34.0. The molecule has 0 aliphatic carbocycles. The Bertz CT molecular complexity index is 1120. The van der Waals surface area contributed by atoms with Gasteiger partial charge in [0.25, 0.3) is 5.91 Å². The molecule has 2 saturated heterocycles. The summed E-state index contributed by atoms with van der Waals surface area (Å²) in [6, 6.07) is 22.6. The number of anilines is 2. The van der Waals surface area contributed by atoms with Crippen molar-refractivity contribution in [1.29, 1.82) is 0 Å². The molecule has 3 atom stereocenters. The number of amides is 2. The van der Waals surface area contributed by atoms with Crippen LogP contribution in [0, 0.1) is 5.92 Å². The van der Waals surface area contributed by atoms with E-state index in [1.165, 1.54) is 4.90 Å². The second kappa shape index (κ2) is 7.27. The second-order valence-corrected chi connectivity index (χ2v) is 8.07. The molecule has 5 rings (SSSR count). The first-order valence-electron chi connectivity index (χ1n) is 9.48. The number of halogens is 1. The number of hydrogen-bond donors (Lipinski definition) is 1. The van der Waals surface area contributed by atoms with E-state index < -0.39 is 18.1 Å². The Hall–Kier alpha value is -3.16. The lowest BCUT2D eigenvalue weighted by molar-refractivity contribution is -0.126. The van der Waals surface area contributed by atoms with Gasteiger partial charge in [0.05, 0.1) is 17.4 Å². The zero-order valence-electron chi connectivity index (χ0n) is 15.7. The zero-order valence-corrected chi connectivity index (χ0v) is 17.3. The molecule has 2 aliphatic heterocycles. The highest BCUT2D eigenvalue weighted by molar-refractivity contribution is 9.10. The lowest BCUT2D eigenvalue weighted by Crippen LogP contribution is -2.37. The summed E-state index contributed by atoms with van der Waals surface area (Å²) in [5.74, 6) is -1.29. The quantitative estimate of drug-likeness (QED) is 0.588. The van der Waals surface area contributed by atoms with E-state index >= 15 is 0 Å². The molecule has 0 spiro atoms. The van der Waals surface area contributed by atoms with Crippen LogP contribution in [0.25, 0.3) is 0 Å². The average molecular weight is 465 g/mol. The topological polar surface area (TPSA) is 70.1 Å². The Morgan fingerprint density at radius 1 is 0.833 bits per heavy atom. The van der Waals surface area contributed by atoms with Crippen LogP contribution in [-0.2, 0) is 14.4 Å². The van der Waals surface area contributed by atoms with Gasteiger partial charge in [-0.25, -0.2) is 9.96 Å². The second-order valence-electron chi connectivity index (χ2n) is 7.21. The molecule has 1 N–H and O–H groups in total. The molecule has 0 radical (unpaired) electrons. The number of phenols is 1. The van der Waals surface area contributed by atoms with Gasteiger partial charge in [0.15, 0.2) is 6.10 Å². The Kier molecular flexibility index (Phi) is 4.56. The number of rotatable bonds is 3. The van der Waals surface area contributed by atoms with Gasteiger partial charge in [0.2, 0.25) is 5.91 Å². The Morgan fingerprint density at radius 3 is 2.20 bits per heavy atom. The molecule has 0 unspecified atom stereocenters. The van der Waals surface area contributed by atoms with Crippen LogP contribution in [0.5, 0.6) is 5.75 Å². The van der Waals surface area contributed by atoms with Gasteiger partial charge in [-0.1, -0.05) is 42.5 Å². The fourth-order valence-electron chi connectivity index (χ4n) is 4.09. The monoisotopic (exact) mass is 464 g/mol. The number of fused-ring (bicyclic) bond motifs is 1. The first-order chi connectivity index (χ1) is 14.6. The van der Waals surface area contributed by atoms with Crippen LogP contribution >= 0.6 is 15.9 Å². The highest BCUT2D eigenvalue weighted by Gasteiger charge is 2.60. The van der Waals surface area contributed by atoms with Crippen LogP contribution in [0.15, 0.2) is 83.3 Å². The Labute approximate surface area is 181 Å². The minimum absolute atomic E-state index is 0.129. The largest absolute Gasteiger partial charge is 0.508 e. The summed E-state index contributed by atoms with van der Waals surface area (Å²) in [5, 5.41) is 11.3. The zero-order chi connectivity index (χ0) is 20.8. The van der Waals surface area contributed by atoms with Gasteiger partial charge in [-0.15, -0.1) is 0 Å². The van der Waals surface area contributed by atoms with Crippen LogP contribution < -0.4 is 9.96 Å². The lowest BCUT2D eigenvalue weighted by atomic mass is 9.90. The van der Waals surface area contributed by atoms with Crippen LogP contribution in [0.1, 0.15) is 11.6 Å². The molecule has 2 aliphatic rings. The SMILES string of the molecule is O=C1[C@H]2[C@@H](ON(c3ccccc3)[C@H]2c2ccc(O)cc2)C(=O)N1c1ccccc1Br. The van der Waals surface area contributed by atoms with Gasteiger partial charge < -0.3 is 5.11 Å². The summed E-state index contributed by atoms with van der Waals surface area (Å²) in [5.41, 5.74) is 2.03. The van der Waals surface area contributed by atoms with Crippen LogP contribution in [0.2, 0.25) is 0 Å². The van der Waals surface area contributed by atoms with E-state index in [-0.39, 0.29) is 17.6 Å². The number of carbonyl (C=O) groups is 2. The molecule has 150 valence electrons. The fraction of sp³-hybridized carbons (Fsp3) is 0.130. The fourth-order valence-corrected chi connectivity index (χ4v) is 4.56. The van der Waals surface area contributed by atoms with Crippen LogP contribution in [0.3, 0.4) is 0 Å². The molecule has 3 aromatic carbocycles. The maximum atomic E-state index is 13.5. The minimum atomic E-state index is -0.927. The van der Waals surface area contributed by atoms with E-state index in [9.17, 15) is 14.7 Å². The third-order valence-electron chi connectivity index (χ3n) is 5.45. The molecule has 2 heterocycles. The molecule has 3 aromatic rings. The molecular weight excluding hydrogens is 448 g/mol. The number of carbonyl (C=O) groups excluding carboxylic acids is 2. The number of hydrogen-bond acceptors (Lipinski definition) is 5. The molecule has 0 bridgehead atoms. The number of phenolic OH excluding ortho intramolecular Hbond substituents is 1. The van der Waals surface area contributed by atoms with Gasteiger partial charge in [-0.2, -0.15) is 0 Å². The van der Waals surface area contributed by atoms with E-state index in [2.05, 4.69) is 15.9 Å². The maximum Gasteiger partial charge on any atom is 0.266 e. The summed E-state index contributed by atoms with van der Waals surface area (Å²) < 4.78 is 0.660. The molecule has 2 fully saturated rings. The van der Waals surface area contributed by atoms with Crippen molar-refractivity contribution in [3.05, 3.63) is 88.9 Å². The van der Waals surface area contributed by atoms with Crippen molar-refractivity contribution in [2.24, 2.45) is 5.92 Å². The first kappa shape index (κ1) is 18.8. The number of para-hydroxylation sites is 2. The highest BCUT2D eigenvalue weighted by Crippen LogP contribution is 2.48. The maximum absolute atomic E-state index is 13.5. The molecule has 0 aromatic heterocycles. The van der Waals surface area contributed by atoms with Crippen LogP contribution in [-0.4, -0.2) is 23.0 Å². The number of hydroxylamine groups is 1. The summed E-state index contributed by atoms with van der Waals surface area (Å²) in [6.45, 7) is 0. The number of benzene rings is 3. The van der Waals surface area contributed by atoms with Gasteiger partial charge >= 0.3 is 0 Å². The van der Waals surface area contributed by atoms with E-state index in [0.717, 1.165) is 11.3 Å². The molecule has 6 nitrogen and oxygen atoms in total. The van der Waals surface area contributed by atoms with Crippen molar-refractivity contribution in [2.75, 3.05) is 9.96 Å². The Morgan fingerprint density at radius 2 is 1.50 bits per heavy atom. The predicted molar refractivity (Wildman–Crippen MR) is 115 cm³/mol. The number of nitrogens with zero attached hydrogens (tertiary/aromatic N) is 2. The molecule has 2 amide bonds. The number of aromatic hydroxyl groups is 1. The third kappa shape index (κ3) is 2.89. The Balaban J connectivity index is 1.60. The van der Waals surface area contributed by atoms with Crippen molar-refractivity contribution < 1.29 is 19.5 Å². The van der Waals surface area contributed by atoms with Gasteiger partial charge in [0, 0.05) is 4.47 Å². The van der Waals surface area contributed by atoms with Gasteiger partial charge in [0.1, 0.15) is 11.7 Å². The predicted octanol–water partition coefficient (Wildman–Crippen LogP) is 4.21. The van der Waals surface area contributed by atoms with E-state index in [1.54, 1.807) is 47.5 Å². The standard InChI is InChI=1S/C23H17BrN2O4/c24-17-8-4-5-9-18(17)25-22(28)19-20(14-10-12-16(27)13-11-14)26(30-21(19)23(25)29)15-6-2-1-3-7-15/h1-13,19-21,27H/t19-,20+,21-/m1/s1. The van der Waals surface area contributed by atoms with Crippen molar-refractivity contribution in [2.45, 2.75) is 12.1 Å². The lowest BCUT2D eigenvalue weighted by Gasteiger charge is -2.29. The van der Waals surface area contributed by atoms with Crippen molar-refractivity contribution >= 4 is 39.1 Å². The van der Waals surface area contributed by atoms with E-state index in [1.807, 2.05) is 36.4 Å². The first-order valence-corrected chi connectivity index (χ1v) is 10.3. The smallest absolute Gasteiger partial charge is 0.266 e. The van der Waals surface area contributed by atoms with Crippen molar-refractivity contribution in [1.82, 2.24) is 0 Å². The van der Waals surface area contributed by atoms with Gasteiger partial charge in [-0.3, -0.25) is 14.4 Å². The molecule has 7 heteroatoms. The van der Waals surface area contributed by atoms with E-state index in [4.69, 9.17) is 4.84 Å². The summed E-state index contributed by atoms with van der Waals surface area (Å²) in [7, 11) is 0. The molecule has 30 heavy (non-hydrogen) atoms. The van der Waals surface area contributed by atoms with E-state index in [0.29, 0.717) is 10.2 Å². The van der Waals surface area contributed by atoms with Gasteiger partial charge in [-0.05, 0) is 57.9 Å². The minimum Gasteiger partial charge on any atom is -0.508 e. The van der Waals surface area contributed by atoms with Crippen molar-refractivity contribution in [3.8, 4) is 5.75 Å². The highest BCUT2D eigenvalue weighted by atomic mass is 79.9.